The van der Waals surface area contributed by atoms with Crippen LogP contribution in [0.5, 0.6) is 0 Å². The fourth-order valence-corrected chi connectivity index (χ4v) is 11.3. The molecule has 0 aliphatic carbocycles. The minimum Gasteiger partial charge on any atom is -0.381 e. The van der Waals surface area contributed by atoms with Crippen molar-refractivity contribution in [2.75, 3.05) is 72.0 Å². The first kappa shape index (κ1) is 41.4. The Kier molecular flexibility index (Phi) is 12.2. The summed E-state index contributed by atoms with van der Waals surface area (Å²) >= 11 is 0. The van der Waals surface area contributed by atoms with E-state index in [9.17, 15) is 26.4 Å². The molecule has 0 saturated carbocycles. The second-order valence-electron chi connectivity index (χ2n) is 15.5. The van der Waals surface area contributed by atoms with Gasteiger partial charge < -0.3 is 29.5 Å². The Morgan fingerprint density at radius 2 is 1.14 bits per heavy atom. The molecule has 0 unspecified atom stereocenters. The van der Waals surface area contributed by atoms with E-state index in [0.29, 0.717) is 74.3 Å². The number of likely N-dealkylation sites (tertiary alicyclic amines) is 2. The fraction of sp³-hybridized carbons (Fsp3) is 0.561. The molecule has 1 N–H and O–H groups in total. The lowest BCUT2D eigenvalue weighted by Crippen LogP contribution is -2.40. The molecule has 8 rings (SSSR count). The van der Waals surface area contributed by atoms with E-state index in [4.69, 9.17) is 9.47 Å². The molecule has 4 aliphatic rings. The number of methoxy groups -OCH3 is 2. The maximum absolute atomic E-state index is 13.1. The highest BCUT2D eigenvalue weighted by molar-refractivity contribution is 7.90. The van der Waals surface area contributed by atoms with Crippen molar-refractivity contribution in [1.29, 1.82) is 0 Å². The molecule has 0 atom stereocenters. The van der Waals surface area contributed by atoms with Crippen LogP contribution >= 0.6 is 0 Å². The van der Waals surface area contributed by atoms with Crippen LogP contribution in [0, 0.1) is 0 Å². The summed E-state index contributed by atoms with van der Waals surface area (Å²) in [6, 6.07) is 10.9. The van der Waals surface area contributed by atoms with Crippen molar-refractivity contribution in [2.45, 2.75) is 77.7 Å². The Bertz CT molecular complexity index is 2370. The van der Waals surface area contributed by atoms with E-state index in [-0.39, 0.29) is 35.5 Å². The fourth-order valence-electron chi connectivity index (χ4n) is 8.82. The summed E-state index contributed by atoms with van der Waals surface area (Å²) in [6.07, 6.45) is 5.16. The Morgan fingerprint density at radius 1 is 0.684 bits per heavy atom. The molecule has 2 aromatic heterocycles. The highest BCUT2D eigenvalue weighted by atomic mass is 32.2. The number of piperidine rings is 2. The van der Waals surface area contributed by atoms with Crippen molar-refractivity contribution < 1.29 is 35.9 Å². The maximum atomic E-state index is 13.1. The lowest BCUT2D eigenvalue weighted by molar-refractivity contribution is 0.0345. The van der Waals surface area contributed by atoms with E-state index >= 15 is 0 Å². The summed E-state index contributed by atoms with van der Waals surface area (Å²) in [4.78, 5) is 32.0. The first-order chi connectivity index (χ1) is 27.3. The average molecular weight is 825 g/mol. The van der Waals surface area contributed by atoms with Crippen molar-refractivity contribution >= 4 is 53.7 Å². The predicted molar refractivity (Wildman–Crippen MR) is 221 cm³/mol. The smallest absolute Gasteiger partial charge is 0.253 e. The molecule has 310 valence electrons. The van der Waals surface area contributed by atoms with Crippen LogP contribution in [0.4, 0.5) is 0 Å². The monoisotopic (exact) mass is 824 g/mol. The van der Waals surface area contributed by atoms with E-state index < -0.39 is 20.0 Å². The number of carbonyl (C=O) groups is 2. The number of fused-ring (bicyclic) bond motifs is 6. The number of hydrogen-bond donors (Lipinski definition) is 1. The second kappa shape index (κ2) is 16.8. The number of benzene rings is 2. The van der Waals surface area contributed by atoms with E-state index in [1.54, 1.807) is 52.3 Å². The Balaban J connectivity index is 0.000000174. The maximum Gasteiger partial charge on any atom is 0.253 e. The lowest BCUT2D eigenvalue weighted by Gasteiger charge is -2.31. The van der Waals surface area contributed by atoms with Crippen LogP contribution in [-0.2, 0) is 55.5 Å². The van der Waals surface area contributed by atoms with Crippen LogP contribution in [0.25, 0.3) is 21.8 Å². The molecule has 0 spiro atoms. The molecule has 6 heterocycles. The van der Waals surface area contributed by atoms with E-state index in [1.807, 2.05) is 29.0 Å². The van der Waals surface area contributed by atoms with Crippen LogP contribution in [-0.4, -0.2) is 136 Å². The van der Waals surface area contributed by atoms with E-state index in [0.717, 1.165) is 72.1 Å². The third-order valence-corrected chi connectivity index (χ3v) is 15.6. The van der Waals surface area contributed by atoms with Crippen molar-refractivity contribution in [3.8, 4) is 0 Å². The molecule has 2 amide bonds. The molecule has 0 bridgehead atoms. The molecule has 2 fully saturated rings. The minimum atomic E-state index is -3.41. The van der Waals surface area contributed by atoms with Crippen LogP contribution in [0.1, 0.15) is 82.8 Å². The Morgan fingerprint density at radius 3 is 1.60 bits per heavy atom. The first-order valence-electron chi connectivity index (χ1n) is 20.1. The van der Waals surface area contributed by atoms with Gasteiger partial charge in [0.25, 0.3) is 11.8 Å². The number of ether oxygens (including phenoxy) is 2. The van der Waals surface area contributed by atoms with Gasteiger partial charge in [0, 0.05) is 113 Å². The zero-order valence-electron chi connectivity index (χ0n) is 33.8. The Hall–Kier alpha value is -3.80. The highest BCUT2D eigenvalue weighted by Gasteiger charge is 2.31. The number of hydrogen-bond acceptors (Lipinski definition) is 10. The van der Waals surface area contributed by atoms with Crippen molar-refractivity contribution in [1.82, 2.24) is 28.0 Å². The number of nitrogens with one attached hydrogen (secondary N) is 1. The van der Waals surface area contributed by atoms with E-state index in [2.05, 4.69) is 10.2 Å². The summed E-state index contributed by atoms with van der Waals surface area (Å²) in [6.45, 7) is 8.94. The number of carbonyl (C=O) groups excluding carboxylic acids is 2. The standard InChI is InChI=1S/C21H29N3O4S.C20H27N3O4S/c1-4-29(26,27)24-19-6-5-15(21(25)23-11-7-16(28-3)8-12-23)13-17(19)18-14-22(2)10-9-20(18)24;1-3-28(25,26)23-18-5-4-14(12-16(18)17-13-21-9-6-19(17)23)20(24)22-10-7-15(27-2)8-11-22/h5-6,13,16H,4,7-12,14H2,1-3H3;4-5,12,15,21H,3,6-11,13H2,1-2H3. The lowest BCUT2D eigenvalue weighted by atomic mass is 10.0. The number of amides is 2. The average Bonchev–Trinajstić information content (AvgIpc) is 3.76. The quantitative estimate of drug-likeness (QED) is 0.278. The van der Waals surface area contributed by atoms with Gasteiger partial charge in [0.1, 0.15) is 0 Å². The van der Waals surface area contributed by atoms with Crippen molar-refractivity contribution in [3.05, 3.63) is 70.0 Å². The van der Waals surface area contributed by atoms with Crippen LogP contribution < -0.4 is 5.32 Å². The van der Waals surface area contributed by atoms with Gasteiger partial charge in [0.05, 0.1) is 34.7 Å². The topological polar surface area (TPSA) is 152 Å². The summed E-state index contributed by atoms with van der Waals surface area (Å²) in [7, 11) is -1.36. The summed E-state index contributed by atoms with van der Waals surface area (Å²) < 4.78 is 64.9. The van der Waals surface area contributed by atoms with Crippen LogP contribution in [0.15, 0.2) is 36.4 Å². The zero-order chi connectivity index (χ0) is 40.6. The van der Waals surface area contributed by atoms with Crippen LogP contribution in [0.2, 0.25) is 0 Å². The van der Waals surface area contributed by atoms with Gasteiger partial charge in [-0.2, -0.15) is 0 Å². The van der Waals surface area contributed by atoms with Gasteiger partial charge in [-0.3, -0.25) is 9.59 Å². The summed E-state index contributed by atoms with van der Waals surface area (Å²) in [5.74, 6) is 0.102. The molecule has 2 aromatic carbocycles. The molecule has 4 aliphatic heterocycles. The minimum absolute atomic E-state index is 0.0000651. The number of rotatable bonds is 8. The molecular weight excluding hydrogens is 769 g/mol. The van der Waals surface area contributed by atoms with Gasteiger partial charge in [-0.05, 0) is 94.1 Å². The van der Waals surface area contributed by atoms with Gasteiger partial charge in [-0.25, -0.2) is 24.8 Å². The number of nitrogens with zero attached hydrogens (tertiary/aromatic N) is 5. The molecule has 0 radical (unpaired) electrons. The SMILES string of the molecule is CCS(=O)(=O)n1c2c(c3cc(C(=O)N4CCC(OC)CC4)ccc31)CN(C)CC2.CCS(=O)(=O)n1c2c(c3cc(C(=O)N4CCC(OC)CC4)ccc31)CNCC2. The highest BCUT2D eigenvalue weighted by Crippen LogP contribution is 2.34. The van der Waals surface area contributed by atoms with Crippen molar-refractivity contribution in [2.24, 2.45) is 0 Å². The molecule has 14 nitrogen and oxygen atoms in total. The van der Waals surface area contributed by atoms with Gasteiger partial charge in [0.15, 0.2) is 0 Å². The molecule has 16 heteroatoms. The second-order valence-corrected chi connectivity index (χ2v) is 19.7. The molecule has 2 saturated heterocycles. The molecule has 4 aromatic rings. The number of likely N-dealkylation sites (N-methyl/N-ethyl adjacent to an activating group) is 1. The summed E-state index contributed by atoms with van der Waals surface area (Å²) in [5.41, 5.74) is 6.32. The molecule has 57 heavy (non-hydrogen) atoms. The third kappa shape index (κ3) is 8.00. The zero-order valence-corrected chi connectivity index (χ0v) is 35.4. The molecular formula is C41H56N6O8S2. The Labute approximate surface area is 336 Å². The van der Waals surface area contributed by atoms with Gasteiger partial charge in [0.2, 0.25) is 20.0 Å². The van der Waals surface area contributed by atoms with Crippen LogP contribution in [0.3, 0.4) is 0 Å². The summed E-state index contributed by atoms with van der Waals surface area (Å²) in [5, 5.41) is 5.06. The predicted octanol–water partition coefficient (Wildman–Crippen LogP) is 3.81. The normalized spacial score (nSPS) is 18.7. The first-order valence-corrected chi connectivity index (χ1v) is 23.4. The number of aromatic nitrogens is 2. The van der Waals surface area contributed by atoms with Gasteiger partial charge >= 0.3 is 0 Å². The largest absolute Gasteiger partial charge is 0.381 e. The van der Waals surface area contributed by atoms with E-state index in [1.165, 1.54) is 7.94 Å². The van der Waals surface area contributed by atoms with Gasteiger partial charge in [-0.1, -0.05) is 0 Å². The van der Waals surface area contributed by atoms with Gasteiger partial charge in [-0.15, -0.1) is 0 Å². The van der Waals surface area contributed by atoms with Crippen molar-refractivity contribution in [3.63, 3.8) is 0 Å². The third-order valence-electron chi connectivity index (χ3n) is 12.2.